The van der Waals surface area contributed by atoms with Gasteiger partial charge in [0.1, 0.15) is 18.3 Å². The van der Waals surface area contributed by atoms with Gasteiger partial charge in [-0.25, -0.2) is 8.42 Å². The molecule has 0 aliphatic heterocycles. The molecule has 0 bridgehead atoms. The highest BCUT2D eigenvalue weighted by Crippen LogP contribution is 2.30. The molecule has 3 rings (SSSR count). The molecule has 2 amide bonds. The van der Waals surface area contributed by atoms with Crippen molar-refractivity contribution in [1.29, 1.82) is 0 Å². The second kappa shape index (κ2) is 15.4. The Hall–Kier alpha value is -3.87. The van der Waals surface area contributed by atoms with Crippen molar-refractivity contribution in [2.75, 3.05) is 24.5 Å². The smallest absolute Gasteiger partial charge is 0.273 e. The van der Waals surface area contributed by atoms with Gasteiger partial charge in [-0.3, -0.25) is 24.0 Å². The number of nitro groups is 1. The van der Waals surface area contributed by atoms with E-state index >= 15 is 0 Å². The quantitative estimate of drug-likeness (QED) is 0.163. The van der Waals surface area contributed by atoms with Gasteiger partial charge in [0.25, 0.3) is 15.7 Å². The summed E-state index contributed by atoms with van der Waals surface area (Å²) in [5.41, 5.74) is 0.572. The van der Waals surface area contributed by atoms with Crippen LogP contribution in [0.25, 0.3) is 0 Å². The van der Waals surface area contributed by atoms with Crippen molar-refractivity contribution in [2.45, 2.75) is 51.6 Å². The summed E-state index contributed by atoms with van der Waals surface area (Å²) in [4.78, 5) is 39.4. The molecule has 0 radical (unpaired) electrons. The highest BCUT2D eigenvalue weighted by molar-refractivity contribution is 7.92. The van der Waals surface area contributed by atoms with E-state index in [2.05, 4.69) is 5.32 Å². The van der Waals surface area contributed by atoms with E-state index in [4.69, 9.17) is 27.9 Å². The summed E-state index contributed by atoms with van der Waals surface area (Å²) in [6, 6.07) is 13.4. The fourth-order valence-electron chi connectivity index (χ4n) is 4.53. The molecule has 0 saturated heterocycles. The van der Waals surface area contributed by atoms with Crippen LogP contribution in [0.2, 0.25) is 10.0 Å². The van der Waals surface area contributed by atoms with E-state index < -0.39 is 39.3 Å². The molecule has 0 aliphatic carbocycles. The van der Waals surface area contributed by atoms with Crippen LogP contribution in [0.1, 0.15) is 38.3 Å². The van der Waals surface area contributed by atoms with E-state index in [-0.39, 0.29) is 45.7 Å². The van der Waals surface area contributed by atoms with Gasteiger partial charge in [-0.1, -0.05) is 56.1 Å². The zero-order chi connectivity index (χ0) is 33.5. The number of nitro benzene ring substituents is 1. The first kappa shape index (κ1) is 35.6. The van der Waals surface area contributed by atoms with Gasteiger partial charge in [0, 0.05) is 24.7 Å². The number of hydrogen-bond donors (Lipinski definition) is 1. The first-order valence-electron chi connectivity index (χ1n) is 14.1. The van der Waals surface area contributed by atoms with Gasteiger partial charge >= 0.3 is 0 Å². The number of benzene rings is 3. The monoisotopic (exact) mass is 678 g/mol. The van der Waals surface area contributed by atoms with E-state index in [1.165, 1.54) is 55.3 Å². The molecule has 14 heteroatoms. The van der Waals surface area contributed by atoms with Crippen LogP contribution in [0.3, 0.4) is 0 Å². The molecule has 3 aromatic rings. The highest BCUT2D eigenvalue weighted by Gasteiger charge is 2.34. The normalized spacial score (nSPS) is 12.0. The van der Waals surface area contributed by atoms with Crippen LogP contribution in [-0.2, 0) is 26.2 Å². The summed E-state index contributed by atoms with van der Waals surface area (Å²) in [5.74, 6) is -0.483. The Bertz CT molecular complexity index is 1650. The Morgan fingerprint density at radius 2 is 1.69 bits per heavy atom. The Morgan fingerprint density at radius 3 is 2.24 bits per heavy atom. The van der Waals surface area contributed by atoms with Crippen LogP contribution in [0.4, 0.5) is 11.4 Å². The van der Waals surface area contributed by atoms with E-state index in [1.54, 1.807) is 25.1 Å². The third-order valence-electron chi connectivity index (χ3n) is 7.01. The highest BCUT2D eigenvalue weighted by atomic mass is 35.5. The van der Waals surface area contributed by atoms with Crippen LogP contribution >= 0.6 is 23.2 Å². The number of carbonyl (C=O) groups is 2. The number of anilines is 1. The molecule has 0 heterocycles. The van der Waals surface area contributed by atoms with Crippen LogP contribution in [-0.4, -0.2) is 56.3 Å². The minimum atomic E-state index is -4.53. The van der Waals surface area contributed by atoms with Gasteiger partial charge in [0.2, 0.25) is 11.8 Å². The minimum Gasteiger partial charge on any atom is -0.497 e. The lowest BCUT2D eigenvalue weighted by Gasteiger charge is -2.33. The number of nitrogens with zero attached hydrogens (tertiary/aromatic N) is 3. The Morgan fingerprint density at radius 1 is 1.02 bits per heavy atom. The number of methoxy groups -OCH3 is 1. The third-order valence-corrected chi connectivity index (χ3v) is 9.52. The molecular weight excluding hydrogens is 643 g/mol. The predicted octanol–water partition coefficient (Wildman–Crippen LogP) is 5.99. The molecule has 0 unspecified atom stereocenters. The summed E-state index contributed by atoms with van der Waals surface area (Å²) < 4.78 is 34.3. The molecule has 1 atom stereocenters. The van der Waals surface area contributed by atoms with Gasteiger partial charge in [-0.2, -0.15) is 0 Å². The molecular formula is C31H36Cl2N4O7S. The first-order valence-corrected chi connectivity index (χ1v) is 16.3. The van der Waals surface area contributed by atoms with Crippen molar-refractivity contribution in [2.24, 2.45) is 5.92 Å². The van der Waals surface area contributed by atoms with Gasteiger partial charge in [-0.15, -0.1) is 0 Å². The Kier molecular flexibility index (Phi) is 12.2. The lowest BCUT2D eigenvalue weighted by Crippen LogP contribution is -2.52. The second-order valence-electron chi connectivity index (χ2n) is 10.7. The molecule has 0 aromatic heterocycles. The number of rotatable bonds is 14. The van der Waals surface area contributed by atoms with Crippen molar-refractivity contribution in [1.82, 2.24) is 10.2 Å². The Balaban J connectivity index is 2.12. The third kappa shape index (κ3) is 8.86. The van der Waals surface area contributed by atoms with E-state index in [0.29, 0.717) is 22.9 Å². The fraction of sp³-hybridized carbons (Fsp3) is 0.355. The fourth-order valence-corrected chi connectivity index (χ4v) is 6.28. The summed E-state index contributed by atoms with van der Waals surface area (Å²) in [6.07, 6.45) is 0.233. The largest absolute Gasteiger partial charge is 0.497 e. The molecule has 11 nitrogen and oxygen atoms in total. The van der Waals surface area contributed by atoms with E-state index in [1.807, 2.05) is 13.8 Å². The second-order valence-corrected chi connectivity index (χ2v) is 13.4. The van der Waals surface area contributed by atoms with E-state index in [0.717, 1.165) is 10.4 Å². The molecule has 45 heavy (non-hydrogen) atoms. The van der Waals surface area contributed by atoms with Crippen molar-refractivity contribution < 1.29 is 27.7 Å². The van der Waals surface area contributed by atoms with Gasteiger partial charge in [-0.05, 0) is 67.3 Å². The molecule has 0 spiro atoms. The summed E-state index contributed by atoms with van der Waals surface area (Å²) >= 11 is 12.3. The molecule has 242 valence electrons. The van der Waals surface area contributed by atoms with Crippen molar-refractivity contribution in [3.63, 3.8) is 0 Å². The van der Waals surface area contributed by atoms with Crippen LogP contribution < -0.4 is 14.4 Å². The summed E-state index contributed by atoms with van der Waals surface area (Å²) in [6.45, 7) is 6.71. The number of hydrogen-bond acceptors (Lipinski definition) is 7. The van der Waals surface area contributed by atoms with E-state index in [9.17, 15) is 28.1 Å². The SMILES string of the molecule is CC[C@H](C(=O)NCC(C)C)N(Cc1ccc(Cl)c(Cl)c1)C(=O)CN(c1ccc(OC)cc1)S(=O)(=O)c1ccc(C)c([N+](=O)[O-])c1. The minimum absolute atomic E-state index is 0.0736. The standard InChI is InChI=1S/C31H36Cl2N4O7S/c1-6-28(31(39)34-17-20(2)3)35(18-22-8-14-26(32)27(33)15-22)30(38)19-36(23-9-11-24(44-5)12-10-23)45(42,43)25-13-7-21(4)29(16-25)37(40)41/h7-16,20,28H,6,17-19H2,1-5H3,(H,34,39)/t28-/m1/s1. The number of ether oxygens (including phenoxy) is 1. The lowest BCUT2D eigenvalue weighted by atomic mass is 10.1. The lowest BCUT2D eigenvalue weighted by molar-refractivity contribution is -0.385. The Labute approximate surface area is 273 Å². The van der Waals surface area contributed by atoms with Gasteiger partial charge < -0.3 is 15.0 Å². The molecule has 3 aromatic carbocycles. The van der Waals surface area contributed by atoms with Crippen LogP contribution in [0.15, 0.2) is 65.6 Å². The number of halogens is 2. The molecule has 1 N–H and O–H groups in total. The van der Waals surface area contributed by atoms with Crippen LogP contribution in [0.5, 0.6) is 5.75 Å². The average Bonchev–Trinajstić information content (AvgIpc) is 3.00. The van der Waals surface area contributed by atoms with Gasteiger partial charge in [0.15, 0.2) is 0 Å². The summed E-state index contributed by atoms with van der Waals surface area (Å²) in [7, 11) is -3.08. The van der Waals surface area contributed by atoms with Crippen LogP contribution in [0, 0.1) is 23.0 Å². The number of aryl methyl sites for hydroxylation is 1. The number of amides is 2. The number of nitrogens with one attached hydrogen (secondary N) is 1. The average molecular weight is 680 g/mol. The maximum atomic E-state index is 14.2. The number of sulfonamides is 1. The van der Waals surface area contributed by atoms with Gasteiger partial charge in [0.05, 0.1) is 32.7 Å². The van der Waals surface area contributed by atoms with Crippen molar-refractivity contribution >= 4 is 56.4 Å². The molecule has 0 aliphatic rings. The first-order chi connectivity index (χ1) is 21.2. The van der Waals surface area contributed by atoms with Crippen molar-refractivity contribution in [3.05, 3.63) is 92.0 Å². The zero-order valence-electron chi connectivity index (χ0n) is 25.6. The molecule has 0 saturated carbocycles. The summed E-state index contributed by atoms with van der Waals surface area (Å²) in [5, 5.41) is 15.1. The maximum absolute atomic E-state index is 14.2. The topological polar surface area (TPSA) is 139 Å². The predicted molar refractivity (Wildman–Crippen MR) is 174 cm³/mol. The zero-order valence-corrected chi connectivity index (χ0v) is 27.9. The maximum Gasteiger partial charge on any atom is 0.273 e. The number of carbonyl (C=O) groups excluding carboxylic acids is 2. The molecule has 0 fully saturated rings. The van der Waals surface area contributed by atoms with Crippen molar-refractivity contribution in [3.8, 4) is 5.75 Å².